The monoisotopic (exact) mass is 389 g/mol. The molecular weight excluding hydrogens is 370 g/mol. The van der Waals surface area contributed by atoms with Crippen molar-refractivity contribution in [1.29, 1.82) is 0 Å². The second-order valence-electron chi connectivity index (χ2n) is 6.18. The second-order valence-corrected chi connectivity index (χ2v) is 7.99. The molecule has 27 heavy (non-hydrogen) atoms. The van der Waals surface area contributed by atoms with Gasteiger partial charge in [0, 0.05) is 0 Å². The van der Waals surface area contributed by atoms with Crippen LogP contribution in [0.1, 0.15) is 17.2 Å². The highest BCUT2D eigenvalue weighted by atomic mass is 32.2. The number of aryl methyl sites for hydroxylation is 1. The van der Waals surface area contributed by atoms with Gasteiger partial charge in [-0.25, -0.2) is 18.0 Å². The Morgan fingerprint density at radius 3 is 1.93 bits per heavy atom. The molecule has 1 fully saturated rings. The topological polar surface area (TPSA) is 89.8 Å². The van der Waals surface area contributed by atoms with E-state index in [1.807, 2.05) is 6.92 Å². The molecule has 2 aromatic rings. The van der Waals surface area contributed by atoms with Crippen molar-refractivity contribution in [3.05, 3.63) is 65.7 Å². The molecule has 1 aliphatic heterocycles. The van der Waals surface area contributed by atoms with Gasteiger partial charge in [-0.3, -0.25) is 0 Å². The molecule has 0 radical (unpaired) electrons. The average molecular weight is 389 g/mol. The van der Waals surface area contributed by atoms with E-state index in [4.69, 9.17) is 9.47 Å². The van der Waals surface area contributed by atoms with E-state index in [-0.39, 0.29) is 4.90 Å². The van der Waals surface area contributed by atoms with Crippen molar-refractivity contribution >= 4 is 22.0 Å². The van der Waals surface area contributed by atoms with Gasteiger partial charge in [0.2, 0.25) is 10.0 Å². The van der Waals surface area contributed by atoms with Gasteiger partial charge in [0.25, 0.3) is 5.54 Å². The molecule has 0 spiro atoms. The van der Waals surface area contributed by atoms with Gasteiger partial charge in [0.15, 0.2) is 0 Å². The molecule has 0 saturated carbocycles. The molecule has 142 valence electrons. The standard InChI is InChI=1S/C19H19NO6S/c1-13-9-11-15(12-10-13)27(23,24)20-16(14-7-5-4-6-8-14)19(20,17(21)25-2)18(22)26-3/h4-12,16H,1-3H3. The quantitative estimate of drug-likeness (QED) is 0.440. The number of esters is 2. The lowest BCUT2D eigenvalue weighted by Gasteiger charge is -2.13. The fourth-order valence-corrected chi connectivity index (χ4v) is 5.07. The molecule has 2 atom stereocenters. The van der Waals surface area contributed by atoms with Crippen LogP contribution in [0, 0.1) is 6.92 Å². The zero-order valence-electron chi connectivity index (χ0n) is 15.1. The molecule has 1 saturated heterocycles. The van der Waals surface area contributed by atoms with Gasteiger partial charge in [0.1, 0.15) is 0 Å². The van der Waals surface area contributed by atoms with Gasteiger partial charge in [-0.05, 0) is 24.6 Å². The van der Waals surface area contributed by atoms with Gasteiger partial charge >= 0.3 is 11.9 Å². The van der Waals surface area contributed by atoms with E-state index in [0.717, 1.165) is 24.1 Å². The van der Waals surface area contributed by atoms with E-state index >= 15 is 0 Å². The maximum atomic E-state index is 13.3. The highest BCUT2D eigenvalue weighted by molar-refractivity contribution is 7.89. The molecule has 0 aromatic heterocycles. The van der Waals surface area contributed by atoms with E-state index in [2.05, 4.69) is 0 Å². The van der Waals surface area contributed by atoms with Crippen molar-refractivity contribution in [2.75, 3.05) is 14.2 Å². The summed E-state index contributed by atoms with van der Waals surface area (Å²) in [6.45, 7) is 1.83. The third-order valence-corrected chi connectivity index (χ3v) is 6.48. The van der Waals surface area contributed by atoms with E-state index in [9.17, 15) is 18.0 Å². The molecule has 1 aliphatic rings. The Balaban J connectivity index is 2.19. The zero-order valence-corrected chi connectivity index (χ0v) is 15.9. The SMILES string of the molecule is COC(=O)C1(C(=O)OC)C(c2ccccc2)N1S(=O)(=O)c1ccc(C)cc1. The lowest BCUT2D eigenvalue weighted by molar-refractivity contribution is -0.157. The summed E-state index contributed by atoms with van der Waals surface area (Å²) in [7, 11) is -1.96. The summed E-state index contributed by atoms with van der Waals surface area (Å²) in [5.41, 5.74) is -0.718. The number of benzene rings is 2. The Kier molecular flexibility index (Phi) is 4.79. The van der Waals surface area contributed by atoms with Gasteiger partial charge in [-0.15, -0.1) is 0 Å². The molecule has 2 unspecified atom stereocenters. The minimum atomic E-state index is -4.17. The third kappa shape index (κ3) is 2.81. The Morgan fingerprint density at radius 1 is 0.926 bits per heavy atom. The molecule has 0 bridgehead atoms. The largest absolute Gasteiger partial charge is 0.467 e. The number of sulfonamides is 1. The van der Waals surface area contributed by atoms with Gasteiger partial charge < -0.3 is 9.47 Å². The van der Waals surface area contributed by atoms with Crippen LogP contribution >= 0.6 is 0 Å². The van der Waals surface area contributed by atoms with Gasteiger partial charge in [-0.1, -0.05) is 48.0 Å². The number of nitrogens with zero attached hydrogens (tertiary/aromatic N) is 1. The number of carbonyl (C=O) groups excluding carboxylic acids is 2. The van der Waals surface area contributed by atoms with Crippen LogP contribution in [0.25, 0.3) is 0 Å². The number of methoxy groups -OCH3 is 2. The van der Waals surface area contributed by atoms with Crippen LogP contribution in [-0.4, -0.2) is 44.4 Å². The molecular formula is C19H19NO6S. The summed E-state index contributed by atoms with van der Waals surface area (Å²) in [4.78, 5) is 25.2. The van der Waals surface area contributed by atoms with Crippen molar-refractivity contribution in [3.63, 3.8) is 0 Å². The highest BCUT2D eigenvalue weighted by Gasteiger charge is 2.80. The molecule has 8 heteroatoms. The van der Waals surface area contributed by atoms with Crippen molar-refractivity contribution in [1.82, 2.24) is 4.31 Å². The predicted octanol–water partition coefficient (Wildman–Crippen LogP) is 1.83. The molecule has 0 amide bonds. The summed E-state index contributed by atoms with van der Waals surface area (Å²) in [5, 5.41) is 0. The first-order valence-corrected chi connectivity index (χ1v) is 9.58. The molecule has 1 heterocycles. The first kappa shape index (κ1) is 19.1. The van der Waals surface area contributed by atoms with Gasteiger partial charge in [0.05, 0.1) is 25.2 Å². The first-order chi connectivity index (χ1) is 12.8. The summed E-state index contributed by atoms with van der Waals surface area (Å²) >= 11 is 0. The van der Waals surface area contributed by atoms with Crippen LogP contribution in [0.2, 0.25) is 0 Å². The van der Waals surface area contributed by atoms with Crippen LogP contribution in [0.4, 0.5) is 0 Å². The van der Waals surface area contributed by atoms with Crippen LogP contribution < -0.4 is 0 Å². The van der Waals surface area contributed by atoms with E-state index in [1.54, 1.807) is 42.5 Å². The average Bonchev–Trinajstić information content (AvgIpc) is 3.40. The van der Waals surface area contributed by atoms with Crippen LogP contribution in [0.15, 0.2) is 59.5 Å². The molecule has 7 nitrogen and oxygen atoms in total. The smallest absolute Gasteiger partial charge is 0.341 e. The van der Waals surface area contributed by atoms with E-state index in [1.165, 1.54) is 12.1 Å². The Labute approximate surface area is 157 Å². The van der Waals surface area contributed by atoms with E-state index < -0.39 is 33.5 Å². The number of hydrogen-bond donors (Lipinski definition) is 0. The number of rotatable bonds is 5. The lowest BCUT2D eigenvalue weighted by Crippen LogP contribution is -2.42. The van der Waals surface area contributed by atoms with Crippen LogP contribution in [-0.2, 0) is 29.1 Å². The molecule has 0 aliphatic carbocycles. The normalized spacial score (nSPS) is 20.6. The first-order valence-electron chi connectivity index (χ1n) is 8.14. The Bertz CT molecular complexity index is 953. The molecule has 3 rings (SSSR count). The maximum Gasteiger partial charge on any atom is 0.341 e. The van der Waals surface area contributed by atoms with Crippen LogP contribution in [0.3, 0.4) is 0 Å². The van der Waals surface area contributed by atoms with Gasteiger partial charge in [-0.2, -0.15) is 4.31 Å². The molecule has 2 aromatic carbocycles. The highest BCUT2D eigenvalue weighted by Crippen LogP contribution is 2.58. The fourth-order valence-electron chi connectivity index (χ4n) is 3.23. The van der Waals surface area contributed by atoms with E-state index in [0.29, 0.717) is 5.56 Å². The van der Waals surface area contributed by atoms with Crippen molar-refractivity contribution < 1.29 is 27.5 Å². The Morgan fingerprint density at radius 2 is 1.44 bits per heavy atom. The maximum absolute atomic E-state index is 13.3. The number of ether oxygens (including phenoxy) is 2. The lowest BCUT2D eigenvalue weighted by atomic mass is 9.99. The summed E-state index contributed by atoms with van der Waals surface area (Å²) < 4.78 is 36.9. The van der Waals surface area contributed by atoms with Crippen molar-refractivity contribution in [3.8, 4) is 0 Å². The van der Waals surface area contributed by atoms with Crippen LogP contribution in [0.5, 0.6) is 0 Å². The summed E-state index contributed by atoms with van der Waals surface area (Å²) in [6.07, 6.45) is 0. The summed E-state index contributed by atoms with van der Waals surface area (Å²) in [5.74, 6) is -1.97. The minimum Gasteiger partial charge on any atom is -0.467 e. The third-order valence-electron chi connectivity index (χ3n) is 4.60. The minimum absolute atomic E-state index is 0.0243. The fraction of sp³-hybridized carbons (Fsp3) is 0.263. The van der Waals surface area contributed by atoms with Crippen molar-refractivity contribution in [2.45, 2.75) is 23.4 Å². The summed E-state index contributed by atoms with van der Waals surface area (Å²) in [6, 6.07) is 13.6. The number of carbonyl (C=O) groups is 2. The zero-order chi connectivity index (χ0) is 19.8. The number of hydrogen-bond acceptors (Lipinski definition) is 6. The van der Waals surface area contributed by atoms with Crippen molar-refractivity contribution in [2.24, 2.45) is 0 Å². The second kappa shape index (κ2) is 6.79. The molecule has 0 N–H and O–H groups in total. The Hall–Kier alpha value is -2.71. The predicted molar refractivity (Wildman–Crippen MR) is 96.1 cm³/mol.